The third kappa shape index (κ3) is 4.62. The van der Waals surface area contributed by atoms with Gasteiger partial charge in [0.15, 0.2) is 23.0 Å². The van der Waals surface area contributed by atoms with Crippen molar-refractivity contribution in [2.24, 2.45) is 0 Å². The maximum atomic E-state index is 9.57. The molecular weight excluding hydrogens is 462 g/mol. The molecule has 0 aliphatic heterocycles. The number of nitrogens with one attached hydrogen (secondary N) is 1. The average molecular weight is 475 g/mol. The summed E-state index contributed by atoms with van der Waals surface area (Å²) in [6, 6.07) is 6.16. The predicted octanol–water partition coefficient (Wildman–Crippen LogP) is 4.16. The summed E-state index contributed by atoms with van der Waals surface area (Å²) in [7, 11) is 0. The molecule has 0 saturated carbocycles. The number of halogens is 2. The Hall–Kier alpha value is -1.77. The molecule has 0 aliphatic carbocycles. The molecule has 0 fully saturated rings. The van der Waals surface area contributed by atoms with Crippen LogP contribution >= 0.6 is 44.1 Å². The van der Waals surface area contributed by atoms with Crippen molar-refractivity contribution in [2.75, 3.05) is 0 Å². The van der Waals surface area contributed by atoms with Gasteiger partial charge in [0, 0.05) is 6.54 Å². The highest BCUT2D eigenvalue weighted by atomic mass is 79.9. The predicted molar refractivity (Wildman–Crippen MR) is 103 cm³/mol. The molecule has 0 aromatic heterocycles. The summed E-state index contributed by atoms with van der Waals surface area (Å²) in [5.41, 5.74) is 1.39. The smallest absolute Gasteiger partial charge is 0.171 e. The molecule has 0 saturated heterocycles. The van der Waals surface area contributed by atoms with Gasteiger partial charge in [-0.15, -0.1) is 0 Å². The standard InChI is InChI=1S/C16H13Br2NO4S/c17-10-3-8(5-12(20)15(10)22)1-2-14(24)19-7-9-4-11(18)16(23)13(21)6-9/h1-6,20-23H,7H2,(H,19,24)/b2-1+. The van der Waals surface area contributed by atoms with E-state index < -0.39 is 0 Å². The Labute approximate surface area is 160 Å². The van der Waals surface area contributed by atoms with E-state index in [4.69, 9.17) is 12.2 Å². The van der Waals surface area contributed by atoms with Crippen molar-refractivity contribution in [3.05, 3.63) is 50.4 Å². The average Bonchev–Trinajstić information content (AvgIpc) is 2.53. The van der Waals surface area contributed by atoms with Gasteiger partial charge in [-0.1, -0.05) is 18.3 Å². The molecule has 0 amide bonds. The Morgan fingerprint density at radius 3 is 2.12 bits per heavy atom. The van der Waals surface area contributed by atoms with Crippen molar-refractivity contribution < 1.29 is 20.4 Å². The molecule has 24 heavy (non-hydrogen) atoms. The molecule has 5 N–H and O–H groups in total. The fourth-order valence-electron chi connectivity index (χ4n) is 1.86. The highest BCUT2D eigenvalue weighted by Gasteiger charge is 2.07. The van der Waals surface area contributed by atoms with E-state index in [1.165, 1.54) is 12.1 Å². The van der Waals surface area contributed by atoms with Crippen molar-refractivity contribution in [3.63, 3.8) is 0 Å². The molecule has 0 spiro atoms. The van der Waals surface area contributed by atoms with Crippen LogP contribution < -0.4 is 5.32 Å². The Balaban J connectivity index is 2.01. The molecule has 0 atom stereocenters. The van der Waals surface area contributed by atoms with Crippen LogP contribution in [-0.4, -0.2) is 25.4 Å². The van der Waals surface area contributed by atoms with Crippen LogP contribution in [-0.2, 0) is 6.54 Å². The molecule has 0 radical (unpaired) electrons. The van der Waals surface area contributed by atoms with Crippen LogP contribution in [0.5, 0.6) is 23.0 Å². The summed E-state index contributed by atoms with van der Waals surface area (Å²) in [5, 5.41) is 41.1. The first-order chi connectivity index (χ1) is 11.3. The number of rotatable bonds is 4. The lowest BCUT2D eigenvalue weighted by molar-refractivity contribution is 0.401. The fraction of sp³-hybridized carbons (Fsp3) is 0.0625. The number of hydrogen-bond donors (Lipinski definition) is 5. The van der Waals surface area contributed by atoms with Crippen LogP contribution in [0, 0.1) is 0 Å². The highest BCUT2D eigenvalue weighted by molar-refractivity contribution is 9.10. The van der Waals surface area contributed by atoms with Gasteiger partial charge in [0.05, 0.1) is 13.9 Å². The molecule has 0 heterocycles. The maximum Gasteiger partial charge on any atom is 0.171 e. The number of aromatic hydroxyl groups is 4. The molecule has 2 aromatic rings. The van der Waals surface area contributed by atoms with Crippen LogP contribution in [0.2, 0.25) is 0 Å². The topological polar surface area (TPSA) is 93.0 Å². The zero-order valence-corrected chi connectivity index (χ0v) is 16.1. The van der Waals surface area contributed by atoms with Gasteiger partial charge in [0.25, 0.3) is 0 Å². The van der Waals surface area contributed by atoms with E-state index in [1.54, 1.807) is 24.3 Å². The van der Waals surface area contributed by atoms with E-state index in [9.17, 15) is 20.4 Å². The van der Waals surface area contributed by atoms with Gasteiger partial charge in [0.1, 0.15) is 0 Å². The normalized spacial score (nSPS) is 10.9. The van der Waals surface area contributed by atoms with E-state index in [-0.39, 0.29) is 23.0 Å². The number of phenolic OH excluding ortho intramolecular Hbond substituents is 4. The van der Waals surface area contributed by atoms with Crippen molar-refractivity contribution in [2.45, 2.75) is 6.54 Å². The largest absolute Gasteiger partial charge is 0.504 e. The second-order valence-electron chi connectivity index (χ2n) is 4.87. The SMILES string of the molecule is Oc1cc(/C=C/C(=S)NCc2cc(O)c(O)c(Br)c2)cc(Br)c1O. The van der Waals surface area contributed by atoms with Gasteiger partial charge in [-0.05, 0) is 73.3 Å². The lowest BCUT2D eigenvalue weighted by Gasteiger charge is -2.08. The summed E-state index contributed by atoms with van der Waals surface area (Å²) in [4.78, 5) is 0.447. The van der Waals surface area contributed by atoms with E-state index in [2.05, 4.69) is 37.2 Å². The molecule has 0 aliphatic rings. The van der Waals surface area contributed by atoms with E-state index in [0.29, 0.717) is 26.0 Å². The lowest BCUT2D eigenvalue weighted by atomic mass is 10.2. The minimum Gasteiger partial charge on any atom is -0.504 e. The molecule has 0 unspecified atom stereocenters. The molecule has 2 aromatic carbocycles. The van der Waals surface area contributed by atoms with Crippen LogP contribution in [0.15, 0.2) is 39.3 Å². The minimum atomic E-state index is -0.229. The zero-order valence-electron chi connectivity index (χ0n) is 12.1. The van der Waals surface area contributed by atoms with Gasteiger partial charge >= 0.3 is 0 Å². The van der Waals surface area contributed by atoms with Crippen LogP contribution in [0.3, 0.4) is 0 Å². The zero-order chi connectivity index (χ0) is 17.9. The van der Waals surface area contributed by atoms with Gasteiger partial charge < -0.3 is 25.7 Å². The third-order valence-corrected chi connectivity index (χ3v) is 4.55. The van der Waals surface area contributed by atoms with Crippen molar-refractivity contribution >= 4 is 55.1 Å². The summed E-state index contributed by atoms with van der Waals surface area (Å²) in [5.74, 6) is -0.871. The molecule has 0 bridgehead atoms. The lowest BCUT2D eigenvalue weighted by Crippen LogP contribution is -2.18. The number of thiocarbonyl (C=S) groups is 1. The first-order valence-corrected chi connectivity index (χ1v) is 8.65. The van der Waals surface area contributed by atoms with Gasteiger partial charge in [0.2, 0.25) is 0 Å². The molecule has 5 nitrogen and oxygen atoms in total. The first-order valence-electron chi connectivity index (χ1n) is 6.65. The van der Waals surface area contributed by atoms with E-state index >= 15 is 0 Å². The number of benzene rings is 2. The van der Waals surface area contributed by atoms with Crippen molar-refractivity contribution in [3.8, 4) is 23.0 Å². The van der Waals surface area contributed by atoms with Crippen LogP contribution in [0.4, 0.5) is 0 Å². The quantitative estimate of drug-likeness (QED) is 0.259. The third-order valence-electron chi connectivity index (χ3n) is 3.06. The van der Waals surface area contributed by atoms with Gasteiger partial charge in [-0.3, -0.25) is 0 Å². The Morgan fingerprint density at radius 1 is 0.958 bits per heavy atom. The van der Waals surface area contributed by atoms with Gasteiger partial charge in [-0.2, -0.15) is 0 Å². The molecule has 126 valence electrons. The monoisotopic (exact) mass is 473 g/mol. The second-order valence-corrected chi connectivity index (χ2v) is 7.02. The van der Waals surface area contributed by atoms with Crippen LogP contribution in [0.25, 0.3) is 6.08 Å². The van der Waals surface area contributed by atoms with E-state index in [1.807, 2.05) is 0 Å². The summed E-state index contributed by atoms with van der Waals surface area (Å²) in [6.45, 7) is 0.361. The summed E-state index contributed by atoms with van der Waals surface area (Å²) < 4.78 is 0.774. The first kappa shape index (κ1) is 18.6. The highest BCUT2D eigenvalue weighted by Crippen LogP contribution is 2.35. The van der Waals surface area contributed by atoms with Crippen molar-refractivity contribution in [1.82, 2.24) is 5.32 Å². The van der Waals surface area contributed by atoms with Crippen LogP contribution in [0.1, 0.15) is 11.1 Å². The summed E-state index contributed by atoms with van der Waals surface area (Å²) >= 11 is 11.5. The maximum absolute atomic E-state index is 9.57. The molecule has 8 heteroatoms. The Bertz CT molecular complexity index is 778. The summed E-state index contributed by atoms with van der Waals surface area (Å²) in [6.07, 6.45) is 3.33. The Kier molecular flexibility index (Phi) is 6.09. The van der Waals surface area contributed by atoms with Gasteiger partial charge in [-0.25, -0.2) is 0 Å². The number of hydrogen-bond acceptors (Lipinski definition) is 5. The minimum absolute atomic E-state index is 0.209. The molecular formula is C16H13Br2NO4S. The Morgan fingerprint density at radius 2 is 1.54 bits per heavy atom. The molecule has 2 rings (SSSR count). The second kappa shape index (κ2) is 7.87. The number of phenols is 4. The van der Waals surface area contributed by atoms with E-state index in [0.717, 1.165) is 5.56 Å². The fourth-order valence-corrected chi connectivity index (χ4v) is 2.97. The van der Waals surface area contributed by atoms with Crippen molar-refractivity contribution in [1.29, 1.82) is 0 Å².